The van der Waals surface area contributed by atoms with Crippen LogP contribution in [0.5, 0.6) is 17.5 Å². The van der Waals surface area contributed by atoms with Crippen molar-refractivity contribution in [2.45, 2.75) is 19.9 Å². The van der Waals surface area contributed by atoms with Crippen LogP contribution in [-0.2, 0) is 0 Å². The molecule has 0 amide bonds. The first-order valence-electron chi connectivity index (χ1n) is 6.15. The molecule has 6 nitrogen and oxygen atoms in total. The van der Waals surface area contributed by atoms with Crippen LogP contribution in [0.3, 0.4) is 0 Å². The van der Waals surface area contributed by atoms with Gasteiger partial charge in [0, 0.05) is 12.2 Å². The number of carbonyl (C=O) groups is 1. The fourth-order valence-electron chi connectivity index (χ4n) is 1.67. The summed E-state index contributed by atoms with van der Waals surface area (Å²) < 4.78 is 12.4. The molecule has 0 atom stereocenters. The standard InChI is InChI=1S/C14H16N2O4/c1-9(2)16-8-12(13(17)18)15-14(16)20-11-6-4-10(19-3)5-7-11/h4-9H,1-3H3,(H,17,18). The molecule has 0 aliphatic heterocycles. The van der Waals surface area contributed by atoms with Crippen molar-refractivity contribution in [2.24, 2.45) is 0 Å². The number of benzene rings is 1. The number of hydrogen-bond acceptors (Lipinski definition) is 4. The fourth-order valence-corrected chi connectivity index (χ4v) is 1.67. The van der Waals surface area contributed by atoms with Crippen molar-refractivity contribution in [1.82, 2.24) is 9.55 Å². The monoisotopic (exact) mass is 276 g/mol. The predicted octanol–water partition coefficient (Wildman–Crippen LogP) is 2.96. The van der Waals surface area contributed by atoms with E-state index in [4.69, 9.17) is 14.6 Å². The summed E-state index contributed by atoms with van der Waals surface area (Å²) in [6.07, 6.45) is 1.46. The van der Waals surface area contributed by atoms with Gasteiger partial charge in [0.05, 0.1) is 7.11 Å². The largest absolute Gasteiger partial charge is 0.497 e. The molecule has 20 heavy (non-hydrogen) atoms. The average Bonchev–Trinajstić information content (AvgIpc) is 2.84. The van der Waals surface area contributed by atoms with Gasteiger partial charge >= 0.3 is 12.0 Å². The molecule has 6 heteroatoms. The minimum atomic E-state index is -1.08. The Kier molecular flexibility index (Phi) is 3.93. The van der Waals surface area contributed by atoms with E-state index in [1.54, 1.807) is 35.9 Å². The number of imidazole rings is 1. The number of carboxylic acids is 1. The Bertz CT molecular complexity index is 602. The maximum Gasteiger partial charge on any atom is 0.356 e. The van der Waals surface area contributed by atoms with Crippen LogP contribution in [0.1, 0.15) is 30.4 Å². The molecule has 0 aliphatic rings. The van der Waals surface area contributed by atoms with E-state index in [1.165, 1.54) is 6.20 Å². The second-order valence-electron chi connectivity index (χ2n) is 4.49. The zero-order valence-corrected chi connectivity index (χ0v) is 11.5. The Labute approximate surface area is 116 Å². The summed E-state index contributed by atoms with van der Waals surface area (Å²) in [4.78, 5) is 15.0. The number of aromatic nitrogens is 2. The molecule has 0 bridgehead atoms. The summed E-state index contributed by atoms with van der Waals surface area (Å²) >= 11 is 0. The molecule has 1 aromatic heterocycles. The SMILES string of the molecule is COc1ccc(Oc2nc(C(=O)O)cn2C(C)C)cc1. The highest BCUT2D eigenvalue weighted by molar-refractivity contribution is 5.85. The Morgan fingerprint density at radius 1 is 1.25 bits per heavy atom. The molecule has 0 spiro atoms. The summed E-state index contributed by atoms with van der Waals surface area (Å²) in [6.45, 7) is 3.85. The second-order valence-corrected chi connectivity index (χ2v) is 4.49. The van der Waals surface area contributed by atoms with Crippen molar-refractivity contribution >= 4 is 5.97 Å². The number of aromatic carboxylic acids is 1. The fraction of sp³-hybridized carbons (Fsp3) is 0.286. The van der Waals surface area contributed by atoms with Crippen molar-refractivity contribution in [1.29, 1.82) is 0 Å². The number of rotatable bonds is 5. The quantitative estimate of drug-likeness (QED) is 0.908. The van der Waals surface area contributed by atoms with E-state index in [1.807, 2.05) is 13.8 Å². The average molecular weight is 276 g/mol. The van der Waals surface area contributed by atoms with Gasteiger partial charge in [-0.25, -0.2) is 4.79 Å². The Hall–Kier alpha value is -2.50. The molecule has 1 aromatic carbocycles. The lowest BCUT2D eigenvalue weighted by Gasteiger charge is -2.11. The van der Waals surface area contributed by atoms with Crippen LogP contribution in [0, 0.1) is 0 Å². The van der Waals surface area contributed by atoms with Crippen molar-refractivity contribution < 1.29 is 19.4 Å². The van der Waals surface area contributed by atoms with Crippen molar-refractivity contribution in [3.05, 3.63) is 36.2 Å². The molecule has 0 aliphatic carbocycles. The third kappa shape index (κ3) is 2.90. The molecule has 106 valence electrons. The van der Waals surface area contributed by atoms with Gasteiger partial charge in [0.15, 0.2) is 5.69 Å². The molecular weight excluding hydrogens is 260 g/mol. The molecule has 0 fully saturated rings. The number of hydrogen-bond donors (Lipinski definition) is 1. The lowest BCUT2D eigenvalue weighted by molar-refractivity contribution is 0.0690. The van der Waals surface area contributed by atoms with Crippen LogP contribution >= 0.6 is 0 Å². The van der Waals surface area contributed by atoms with E-state index < -0.39 is 5.97 Å². The lowest BCUT2D eigenvalue weighted by atomic mass is 10.3. The highest BCUT2D eigenvalue weighted by atomic mass is 16.5. The van der Waals surface area contributed by atoms with Crippen LogP contribution in [0.15, 0.2) is 30.5 Å². The maximum absolute atomic E-state index is 11.0. The second kappa shape index (κ2) is 5.64. The van der Waals surface area contributed by atoms with E-state index in [-0.39, 0.29) is 17.7 Å². The number of methoxy groups -OCH3 is 1. The van der Waals surface area contributed by atoms with Crippen LogP contribution in [0.4, 0.5) is 0 Å². The van der Waals surface area contributed by atoms with Crippen LogP contribution in [-0.4, -0.2) is 27.7 Å². The first-order chi connectivity index (χ1) is 9.51. The third-order valence-corrected chi connectivity index (χ3v) is 2.74. The topological polar surface area (TPSA) is 73.6 Å². The number of nitrogens with zero attached hydrogens (tertiary/aromatic N) is 2. The molecule has 2 rings (SSSR count). The van der Waals surface area contributed by atoms with Crippen LogP contribution < -0.4 is 9.47 Å². The molecule has 1 heterocycles. The molecular formula is C14H16N2O4. The maximum atomic E-state index is 11.0. The van der Waals surface area contributed by atoms with E-state index >= 15 is 0 Å². The summed E-state index contributed by atoms with van der Waals surface area (Å²) in [5.41, 5.74) is -0.0396. The minimum Gasteiger partial charge on any atom is -0.497 e. The van der Waals surface area contributed by atoms with Gasteiger partial charge in [0.1, 0.15) is 11.5 Å². The van der Waals surface area contributed by atoms with Crippen molar-refractivity contribution in [2.75, 3.05) is 7.11 Å². The molecule has 0 saturated carbocycles. The zero-order valence-electron chi connectivity index (χ0n) is 11.5. The Balaban J connectivity index is 2.29. The van der Waals surface area contributed by atoms with E-state index in [0.29, 0.717) is 5.75 Å². The number of carboxylic acid groups (broad SMARTS) is 1. The number of ether oxygens (including phenoxy) is 2. The first-order valence-corrected chi connectivity index (χ1v) is 6.15. The molecule has 1 N–H and O–H groups in total. The summed E-state index contributed by atoms with van der Waals surface area (Å²) in [5.74, 6) is 0.204. The van der Waals surface area contributed by atoms with E-state index in [2.05, 4.69) is 4.98 Å². The van der Waals surface area contributed by atoms with Gasteiger partial charge in [-0.15, -0.1) is 0 Å². The predicted molar refractivity (Wildman–Crippen MR) is 72.6 cm³/mol. The van der Waals surface area contributed by atoms with Crippen LogP contribution in [0.25, 0.3) is 0 Å². The highest BCUT2D eigenvalue weighted by Gasteiger charge is 2.16. The normalized spacial score (nSPS) is 10.6. The van der Waals surface area contributed by atoms with Gasteiger partial charge < -0.3 is 14.6 Å². The van der Waals surface area contributed by atoms with Gasteiger partial charge in [-0.3, -0.25) is 4.57 Å². The lowest BCUT2D eigenvalue weighted by Crippen LogP contribution is -2.02. The van der Waals surface area contributed by atoms with Gasteiger partial charge in [0.2, 0.25) is 0 Å². The molecule has 0 saturated heterocycles. The van der Waals surface area contributed by atoms with Gasteiger partial charge in [0.25, 0.3) is 0 Å². The molecule has 0 radical (unpaired) electrons. The van der Waals surface area contributed by atoms with Crippen molar-refractivity contribution in [3.8, 4) is 17.5 Å². The van der Waals surface area contributed by atoms with Gasteiger partial charge in [-0.05, 0) is 38.1 Å². The Morgan fingerprint density at radius 3 is 2.35 bits per heavy atom. The van der Waals surface area contributed by atoms with E-state index in [9.17, 15) is 4.79 Å². The smallest absolute Gasteiger partial charge is 0.356 e. The zero-order chi connectivity index (χ0) is 14.7. The van der Waals surface area contributed by atoms with Gasteiger partial charge in [-0.1, -0.05) is 0 Å². The summed E-state index contributed by atoms with van der Waals surface area (Å²) in [5, 5.41) is 8.99. The highest BCUT2D eigenvalue weighted by Crippen LogP contribution is 2.25. The van der Waals surface area contributed by atoms with Crippen LogP contribution in [0.2, 0.25) is 0 Å². The summed E-state index contributed by atoms with van der Waals surface area (Å²) in [7, 11) is 1.58. The van der Waals surface area contributed by atoms with Gasteiger partial charge in [-0.2, -0.15) is 4.98 Å². The molecule has 2 aromatic rings. The van der Waals surface area contributed by atoms with Crippen molar-refractivity contribution in [3.63, 3.8) is 0 Å². The molecule has 0 unspecified atom stereocenters. The third-order valence-electron chi connectivity index (χ3n) is 2.74. The van der Waals surface area contributed by atoms with E-state index in [0.717, 1.165) is 5.75 Å². The first kappa shape index (κ1) is 13.9. The summed E-state index contributed by atoms with van der Waals surface area (Å²) in [6, 6.07) is 7.29. The Morgan fingerprint density at radius 2 is 1.85 bits per heavy atom. The minimum absolute atomic E-state index is 0.0396.